The molecule has 1 unspecified atom stereocenters. The van der Waals surface area contributed by atoms with E-state index >= 15 is 0 Å². The van der Waals surface area contributed by atoms with Gasteiger partial charge >= 0.3 is 0 Å². The number of rotatable bonds is 9. The SMILES string of the molecule is COc1cc(Cc2cnc(N)nc2N)cc(/C=C/C(=O)N2N=Cc3ccccc3C2c2ccc(S(=O)(=O)N(C)C)cc2)c1OC. The molecule has 0 saturated heterocycles. The molecule has 0 bridgehead atoms. The topological polar surface area (TPSA) is 166 Å². The fourth-order valence-electron chi connectivity index (χ4n) is 5.04. The number of ether oxygens (including phenoxy) is 2. The Morgan fingerprint density at radius 2 is 1.78 bits per heavy atom. The Bertz CT molecular complexity index is 1910. The highest BCUT2D eigenvalue weighted by Crippen LogP contribution is 2.37. The fraction of sp³-hybridized carbons (Fsp3) is 0.188. The van der Waals surface area contributed by atoms with Gasteiger partial charge in [-0.1, -0.05) is 36.4 Å². The number of carbonyl (C=O) groups excluding carboxylic acids is 1. The maximum atomic E-state index is 13.8. The van der Waals surface area contributed by atoms with Gasteiger partial charge in [0.2, 0.25) is 16.0 Å². The molecule has 0 spiro atoms. The number of hydrogen-bond donors (Lipinski definition) is 2. The summed E-state index contributed by atoms with van der Waals surface area (Å²) in [7, 11) is 2.38. The Hall–Kier alpha value is -5.27. The number of nitrogen functional groups attached to an aromatic ring is 2. The van der Waals surface area contributed by atoms with Gasteiger partial charge in [-0.25, -0.2) is 22.7 Å². The molecule has 5 rings (SSSR count). The summed E-state index contributed by atoms with van der Waals surface area (Å²) in [4.78, 5) is 22.0. The second-order valence-electron chi connectivity index (χ2n) is 10.4. The summed E-state index contributed by atoms with van der Waals surface area (Å²) in [6, 6.07) is 17.2. The molecular formula is C32H33N7O5S. The number of nitrogens with zero attached hydrogens (tertiary/aromatic N) is 5. The molecule has 0 saturated carbocycles. The second kappa shape index (κ2) is 12.8. The zero-order chi connectivity index (χ0) is 32.3. The van der Waals surface area contributed by atoms with Gasteiger partial charge in [0.25, 0.3) is 5.91 Å². The van der Waals surface area contributed by atoms with E-state index in [0.717, 1.165) is 21.0 Å². The fourth-order valence-corrected chi connectivity index (χ4v) is 5.95. The van der Waals surface area contributed by atoms with Crippen molar-refractivity contribution in [3.05, 3.63) is 106 Å². The first-order chi connectivity index (χ1) is 21.5. The van der Waals surface area contributed by atoms with Crippen molar-refractivity contribution in [2.24, 2.45) is 5.10 Å². The van der Waals surface area contributed by atoms with Crippen LogP contribution in [0.15, 0.2) is 82.9 Å². The van der Waals surface area contributed by atoms with E-state index in [1.807, 2.05) is 36.4 Å². The molecule has 4 N–H and O–H groups in total. The average molecular weight is 628 g/mol. The highest BCUT2D eigenvalue weighted by molar-refractivity contribution is 7.89. The van der Waals surface area contributed by atoms with Crippen molar-refractivity contribution < 1.29 is 22.7 Å². The van der Waals surface area contributed by atoms with Crippen LogP contribution in [0, 0.1) is 0 Å². The van der Waals surface area contributed by atoms with Crippen molar-refractivity contribution in [3.8, 4) is 11.5 Å². The van der Waals surface area contributed by atoms with Gasteiger partial charge in [-0.3, -0.25) is 4.79 Å². The lowest BCUT2D eigenvalue weighted by molar-refractivity contribution is -0.127. The molecule has 12 nitrogen and oxygen atoms in total. The molecule has 13 heteroatoms. The molecule has 4 aromatic rings. The molecule has 3 aromatic carbocycles. The van der Waals surface area contributed by atoms with Gasteiger partial charge in [0, 0.05) is 49.5 Å². The second-order valence-corrected chi connectivity index (χ2v) is 12.5. The molecule has 1 amide bonds. The van der Waals surface area contributed by atoms with Gasteiger partial charge < -0.3 is 20.9 Å². The van der Waals surface area contributed by atoms with E-state index in [1.54, 1.807) is 30.6 Å². The first kappa shape index (κ1) is 31.2. The van der Waals surface area contributed by atoms with Crippen LogP contribution in [0.1, 0.15) is 39.4 Å². The van der Waals surface area contributed by atoms with Crippen LogP contribution in [0.2, 0.25) is 0 Å². The van der Waals surface area contributed by atoms with Crippen molar-refractivity contribution in [2.45, 2.75) is 17.4 Å². The molecule has 232 valence electrons. The number of benzene rings is 3. The van der Waals surface area contributed by atoms with E-state index < -0.39 is 22.0 Å². The highest BCUT2D eigenvalue weighted by atomic mass is 32.2. The van der Waals surface area contributed by atoms with Crippen LogP contribution in [-0.4, -0.2) is 68.1 Å². The van der Waals surface area contributed by atoms with Crippen LogP contribution in [0.3, 0.4) is 0 Å². The monoisotopic (exact) mass is 627 g/mol. The number of aromatic nitrogens is 2. The third kappa shape index (κ3) is 6.35. The summed E-state index contributed by atoms with van der Waals surface area (Å²) in [5, 5.41) is 5.86. The van der Waals surface area contributed by atoms with Gasteiger partial charge in [0.1, 0.15) is 11.9 Å². The predicted octanol–water partition coefficient (Wildman–Crippen LogP) is 3.48. The quantitative estimate of drug-likeness (QED) is 0.264. The maximum absolute atomic E-state index is 13.8. The van der Waals surface area contributed by atoms with E-state index in [4.69, 9.17) is 20.9 Å². The Morgan fingerprint density at radius 1 is 1.04 bits per heavy atom. The summed E-state index contributed by atoms with van der Waals surface area (Å²) >= 11 is 0. The number of methoxy groups -OCH3 is 2. The molecule has 0 fully saturated rings. The lowest BCUT2D eigenvalue weighted by Gasteiger charge is -2.31. The minimum Gasteiger partial charge on any atom is -0.493 e. The number of sulfonamides is 1. The van der Waals surface area contributed by atoms with Gasteiger partial charge in [0.05, 0.1) is 25.3 Å². The number of fused-ring (bicyclic) bond motifs is 1. The van der Waals surface area contributed by atoms with Gasteiger partial charge in [-0.2, -0.15) is 10.1 Å². The number of anilines is 2. The molecule has 0 radical (unpaired) electrons. The van der Waals surface area contributed by atoms with Crippen LogP contribution in [0.4, 0.5) is 11.8 Å². The van der Waals surface area contributed by atoms with Gasteiger partial charge in [0.15, 0.2) is 11.5 Å². The van der Waals surface area contributed by atoms with E-state index in [1.165, 1.54) is 51.5 Å². The number of nitrogens with two attached hydrogens (primary N) is 2. The van der Waals surface area contributed by atoms with E-state index in [2.05, 4.69) is 15.1 Å². The predicted molar refractivity (Wildman–Crippen MR) is 172 cm³/mol. The first-order valence-electron chi connectivity index (χ1n) is 13.8. The molecule has 1 aliphatic rings. The molecule has 1 aliphatic heterocycles. The molecular weight excluding hydrogens is 594 g/mol. The van der Waals surface area contributed by atoms with Crippen LogP contribution < -0.4 is 20.9 Å². The minimum atomic E-state index is -3.62. The summed E-state index contributed by atoms with van der Waals surface area (Å²) in [5.74, 6) is 0.854. The van der Waals surface area contributed by atoms with E-state index in [0.29, 0.717) is 34.6 Å². The third-order valence-electron chi connectivity index (χ3n) is 7.34. The van der Waals surface area contributed by atoms with Crippen molar-refractivity contribution in [3.63, 3.8) is 0 Å². The van der Waals surface area contributed by atoms with Crippen molar-refractivity contribution in [2.75, 3.05) is 39.8 Å². The van der Waals surface area contributed by atoms with Gasteiger partial charge in [-0.15, -0.1) is 0 Å². The third-order valence-corrected chi connectivity index (χ3v) is 9.17. The van der Waals surface area contributed by atoms with Gasteiger partial charge in [-0.05, 0) is 47.0 Å². The smallest absolute Gasteiger partial charge is 0.267 e. The summed E-state index contributed by atoms with van der Waals surface area (Å²) in [6.07, 6.45) is 6.63. The summed E-state index contributed by atoms with van der Waals surface area (Å²) < 4.78 is 37.7. The molecule has 45 heavy (non-hydrogen) atoms. The number of carbonyl (C=O) groups is 1. The van der Waals surface area contributed by atoms with Crippen molar-refractivity contribution in [1.29, 1.82) is 0 Å². The zero-order valence-corrected chi connectivity index (χ0v) is 26.0. The van der Waals surface area contributed by atoms with Crippen molar-refractivity contribution in [1.82, 2.24) is 19.3 Å². The van der Waals surface area contributed by atoms with Crippen LogP contribution in [0.5, 0.6) is 11.5 Å². The lowest BCUT2D eigenvalue weighted by Crippen LogP contribution is -2.33. The average Bonchev–Trinajstić information content (AvgIpc) is 3.04. The van der Waals surface area contributed by atoms with Crippen LogP contribution >= 0.6 is 0 Å². The Morgan fingerprint density at radius 3 is 2.44 bits per heavy atom. The molecule has 1 aromatic heterocycles. The van der Waals surface area contributed by atoms with Crippen LogP contribution in [-0.2, 0) is 21.2 Å². The Labute approximate surface area is 261 Å². The van der Waals surface area contributed by atoms with E-state index in [-0.39, 0.29) is 16.7 Å². The minimum absolute atomic E-state index is 0.0848. The number of amides is 1. The molecule has 2 heterocycles. The Balaban J connectivity index is 1.50. The largest absolute Gasteiger partial charge is 0.493 e. The first-order valence-corrected chi connectivity index (χ1v) is 15.3. The number of hydrogen-bond acceptors (Lipinski definition) is 10. The lowest BCUT2D eigenvalue weighted by atomic mass is 9.93. The van der Waals surface area contributed by atoms with E-state index in [9.17, 15) is 13.2 Å². The maximum Gasteiger partial charge on any atom is 0.267 e. The normalized spacial score (nSPS) is 14.5. The molecule has 1 atom stereocenters. The summed E-state index contributed by atoms with van der Waals surface area (Å²) in [5.41, 5.74) is 16.2. The highest BCUT2D eigenvalue weighted by Gasteiger charge is 2.30. The standard InChI is InChI=1S/C32H33N7O5S/c1-38(2)45(41,42)25-12-9-21(10-13-25)29-26-8-6-5-7-23(26)19-36-39(29)28(40)14-11-22-15-20(17-27(43-3)30(22)44-4)16-24-18-35-32(34)37-31(24)33/h5-15,17-19,29H,16H2,1-4H3,(H4,33,34,35,37)/b14-11+. The summed E-state index contributed by atoms with van der Waals surface area (Å²) in [6.45, 7) is 0. The Kier molecular flexibility index (Phi) is 8.84. The zero-order valence-electron chi connectivity index (χ0n) is 25.2. The van der Waals surface area contributed by atoms with Crippen molar-refractivity contribution >= 4 is 40.0 Å². The molecule has 0 aliphatic carbocycles. The van der Waals surface area contributed by atoms with Crippen LogP contribution in [0.25, 0.3) is 6.08 Å². The number of hydrazone groups is 1.